The molecule has 106 valence electrons. The van der Waals surface area contributed by atoms with Gasteiger partial charge in [0.2, 0.25) is 0 Å². The Bertz CT molecular complexity index is 588. The molecular weight excluding hydrogens is 343 g/mol. The van der Waals surface area contributed by atoms with Gasteiger partial charge in [-0.1, -0.05) is 28.1 Å². The van der Waals surface area contributed by atoms with Crippen molar-refractivity contribution in [3.63, 3.8) is 0 Å². The second-order valence-corrected chi connectivity index (χ2v) is 5.86. The number of ether oxygens (including phenoxy) is 1. The van der Waals surface area contributed by atoms with Crippen LogP contribution >= 0.6 is 27.5 Å². The highest BCUT2D eigenvalue weighted by molar-refractivity contribution is 9.10. The summed E-state index contributed by atoms with van der Waals surface area (Å²) in [5, 5.41) is -0.268. The SMILES string of the molecule is CCOc1ccc(Br)cc1C(Cl)Cc1cccc(F)c1. The van der Waals surface area contributed by atoms with Gasteiger partial charge in [0.15, 0.2) is 0 Å². The Hall–Kier alpha value is -1.06. The summed E-state index contributed by atoms with van der Waals surface area (Å²) in [6.45, 7) is 2.51. The Kier molecular flexibility index (Phi) is 5.44. The van der Waals surface area contributed by atoms with Crippen molar-refractivity contribution < 1.29 is 9.13 Å². The molecule has 2 aromatic carbocycles. The molecule has 1 atom stereocenters. The van der Waals surface area contributed by atoms with Gasteiger partial charge in [0.05, 0.1) is 12.0 Å². The van der Waals surface area contributed by atoms with Crippen molar-refractivity contribution in [3.8, 4) is 5.75 Å². The molecule has 1 nitrogen and oxygen atoms in total. The first kappa shape index (κ1) is 15.3. The van der Waals surface area contributed by atoms with Crippen molar-refractivity contribution in [2.24, 2.45) is 0 Å². The van der Waals surface area contributed by atoms with Crippen LogP contribution in [0.4, 0.5) is 4.39 Å². The molecule has 0 saturated heterocycles. The average Bonchev–Trinajstić information content (AvgIpc) is 2.41. The molecule has 2 rings (SSSR count). The summed E-state index contributed by atoms with van der Waals surface area (Å²) in [5.74, 6) is 0.526. The van der Waals surface area contributed by atoms with Gasteiger partial charge in [-0.15, -0.1) is 11.6 Å². The van der Waals surface area contributed by atoms with Gasteiger partial charge >= 0.3 is 0 Å². The minimum Gasteiger partial charge on any atom is -0.494 e. The molecule has 0 bridgehead atoms. The Morgan fingerprint density at radius 1 is 1.25 bits per heavy atom. The molecule has 2 aromatic rings. The summed E-state index contributed by atoms with van der Waals surface area (Å²) in [5.41, 5.74) is 1.78. The Labute approximate surface area is 131 Å². The van der Waals surface area contributed by atoms with Gasteiger partial charge in [-0.05, 0) is 49.2 Å². The zero-order chi connectivity index (χ0) is 14.5. The van der Waals surface area contributed by atoms with Crippen LogP contribution in [-0.2, 0) is 6.42 Å². The van der Waals surface area contributed by atoms with E-state index in [1.54, 1.807) is 6.07 Å². The van der Waals surface area contributed by atoms with Crippen molar-refractivity contribution in [1.82, 2.24) is 0 Å². The molecule has 0 saturated carbocycles. The summed E-state index contributed by atoms with van der Waals surface area (Å²) in [7, 11) is 0. The molecule has 0 aliphatic carbocycles. The number of hydrogen-bond acceptors (Lipinski definition) is 1. The van der Waals surface area contributed by atoms with Crippen LogP contribution in [0.1, 0.15) is 23.4 Å². The number of benzene rings is 2. The normalized spacial score (nSPS) is 12.2. The lowest BCUT2D eigenvalue weighted by Crippen LogP contribution is -2.02. The van der Waals surface area contributed by atoms with E-state index >= 15 is 0 Å². The predicted octanol–water partition coefficient (Wildman–Crippen LogP) is 5.51. The standard InChI is InChI=1S/C16H15BrClFO/c1-2-20-16-7-6-12(17)10-14(16)15(18)9-11-4-3-5-13(19)8-11/h3-8,10,15H,2,9H2,1H3. The van der Waals surface area contributed by atoms with Crippen molar-refractivity contribution in [1.29, 1.82) is 0 Å². The smallest absolute Gasteiger partial charge is 0.124 e. The minimum atomic E-state index is -0.268. The van der Waals surface area contributed by atoms with Crippen LogP contribution in [0.25, 0.3) is 0 Å². The molecular formula is C16H15BrClFO. The quantitative estimate of drug-likeness (QED) is 0.641. The zero-order valence-electron chi connectivity index (χ0n) is 11.1. The highest BCUT2D eigenvalue weighted by atomic mass is 79.9. The Balaban J connectivity index is 2.23. The van der Waals surface area contributed by atoms with Gasteiger partial charge in [-0.3, -0.25) is 0 Å². The van der Waals surface area contributed by atoms with Crippen molar-refractivity contribution in [2.75, 3.05) is 6.61 Å². The van der Waals surface area contributed by atoms with Gasteiger partial charge in [0.25, 0.3) is 0 Å². The van der Waals surface area contributed by atoms with Crippen LogP contribution in [-0.4, -0.2) is 6.61 Å². The van der Waals surface area contributed by atoms with Crippen molar-refractivity contribution in [2.45, 2.75) is 18.7 Å². The van der Waals surface area contributed by atoms with E-state index in [0.29, 0.717) is 13.0 Å². The summed E-state index contributed by atoms with van der Waals surface area (Å²) in [6, 6.07) is 12.3. The van der Waals surface area contributed by atoms with Gasteiger partial charge < -0.3 is 4.74 Å². The van der Waals surface area contributed by atoms with Crippen LogP contribution < -0.4 is 4.74 Å². The van der Waals surface area contributed by atoms with E-state index < -0.39 is 0 Å². The third-order valence-corrected chi connectivity index (χ3v) is 3.80. The lowest BCUT2D eigenvalue weighted by atomic mass is 10.0. The van der Waals surface area contributed by atoms with E-state index in [1.807, 2.05) is 31.2 Å². The number of halogens is 3. The molecule has 4 heteroatoms. The largest absolute Gasteiger partial charge is 0.494 e. The van der Waals surface area contributed by atoms with Crippen LogP contribution in [0.2, 0.25) is 0 Å². The molecule has 0 amide bonds. The fourth-order valence-corrected chi connectivity index (χ4v) is 2.76. The van der Waals surface area contributed by atoms with Crippen molar-refractivity contribution >= 4 is 27.5 Å². The number of hydrogen-bond donors (Lipinski definition) is 0. The first-order valence-corrected chi connectivity index (χ1v) is 7.64. The first-order valence-electron chi connectivity index (χ1n) is 6.41. The third kappa shape index (κ3) is 3.97. The van der Waals surface area contributed by atoms with Crippen molar-refractivity contribution in [3.05, 3.63) is 63.9 Å². The van der Waals surface area contributed by atoms with Crippen LogP contribution in [0.5, 0.6) is 5.75 Å². The van der Waals surface area contributed by atoms with Crippen LogP contribution in [0.3, 0.4) is 0 Å². The lowest BCUT2D eigenvalue weighted by Gasteiger charge is -2.15. The van der Waals surface area contributed by atoms with Crippen LogP contribution in [0.15, 0.2) is 46.9 Å². The van der Waals surface area contributed by atoms with E-state index in [0.717, 1.165) is 21.3 Å². The first-order chi connectivity index (χ1) is 9.60. The molecule has 0 spiro atoms. The molecule has 0 aliphatic heterocycles. The molecule has 0 fully saturated rings. The van der Waals surface area contributed by atoms with E-state index in [9.17, 15) is 4.39 Å². The topological polar surface area (TPSA) is 9.23 Å². The summed E-state index contributed by atoms with van der Waals surface area (Å²) in [4.78, 5) is 0. The molecule has 20 heavy (non-hydrogen) atoms. The highest BCUT2D eigenvalue weighted by Gasteiger charge is 2.15. The fourth-order valence-electron chi connectivity index (χ4n) is 2.03. The van der Waals surface area contributed by atoms with Gasteiger partial charge in [-0.25, -0.2) is 4.39 Å². The van der Waals surface area contributed by atoms with Gasteiger partial charge in [0, 0.05) is 10.0 Å². The van der Waals surface area contributed by atoms with E-state index in [4.69, 9.17) is 16.3 Å². The monoisotopic (exact) mass is 356 g/mol. The molecule has 1 unspecified atom stereocenters. The van der Waals surface area contributed by atoms with Gasteiger partial charge in [-0.2, -0.15) is 0 Å². The number of alkyl halides is 1. The fraction of sp³-hybridized carbons (Fsp3) is 0.250. The maximum absolute atomic E-state index is 13.2. The van der Waals surface area contributed by atoms with E-state index in [-0.39, 0.29) is 11.2 Å². The minimum absolute atomic E-state index is 0.245. The average molecular weight is 358 g/mol. The zero-order valence-corrected chi connectivity index (χ0v) is 13.4. The molecule has 0 radical (unpaired) electrons. The third-order valence-electron chi connectivity index (χ3n) is 2.91. The summed E-state index contributed by atoms with van der Waals surface area (Å²) in [6.07, 6.45) is 0.551. The van der Waals surface area contributed by atoms with Gasteiger partial charge in [0.1, 0.15) is 11.6 Å². The molecule has 0 N–H and O–H groups in total. The molecule has 0 aliphatic rings. The maximum atomic E-state index is 13.2. The second kappa shape index (κ2) is 7.09. The summed E-state index contributed by atoms with van der Waals surface area (Å²) < 4.78 is 19.7. The lowest BCUT2D eigenvalue weighted by molar-refractivity contribution is 0.336. The van der Waals surface area contributed by atoms with Crippen LogP contribution in [0, 0.1) is 5.82 Å². The Morgan fingerprint density at radius 3 is 2.75 bits per heavy atom. The number of rotatable bonds is 5. The predicted molar refractivity (Wildman–Crippen MR) is 84.0 cm³/mol. The van der Waals surface area contributed by atoms with E-state index in [2.05, 4.69) is 15.9 Å². The summed E-state index contributed by atoms with van der Waals surface area (Å²) >= 11 is 9.92. The van der Waals surface area contributed by atoms with E-state index in [1.165, 1.54) is 12.1 Å². The second-order valence-electron chi connectivity index (χ2n) is 4.42. The molecule has 0 heterocycles. The Morgan fingerprint density at radius 2 is 2.05 bits per heavy atom. The molecule has 0 aromatic heterocycles. The maximum Gasteiger partial charge on any atom is 0.124 e. The highest BCUT2D eigenvalue weighted by Crippen LogP contribution is 2.34.